The van der Waals surface area contributed by atoms with Crippen molar-refractivity contribution in [3.8, 4) is 11.3 Å². The van der Waals surface area contributed by atoms with Crippen LogP contribution in [-0.4, -0.2) is 27.1 Å². The van der Waals surface area contributed by atoms with E-state index in [4.69, 9.17) is 0 Å². The van der Waals surface area contributed by atoms with Crippen molar-refractivity contribution in [3.05, 3.63) is 84.4 Å². The molecule has 0 bridgehead atoms. The predicted molar refractivity (Wildman–Crippen MR) is 125 cm³/mol. The molecule has 4 rings (SSSR count). The van der Waals surface area contributed by atoms with Gasteiger partial charge in [0.25, 0.3) is 0 Å². The van der Waals surface area contributed by atoms with E-state index < -0.39 is 5.25 Å². The van der Waals surface area contributed by atoms with E-state index in [1.54, 1.807) is 24.3 Å². The van der Waals surface area contributed by atoms with Crippen LogP contribution in [0.2, 0.25) is 0 Å². The van der Waals surface area contributed by atoms with Crippen LogP contribution >= 0.6 is 11.8 Å². The van der Waals surface area contributed by atoms with Crippen molar-refractivity contribution in [1.82, 2.24) is 10.2 Å². The monoisotopic (exact) mass is 427 g/mol. The first kappa shape index (κ1) is 20.8. The van der Waals surface area contributed by atoms with Gasteiger partial charge in [-0.1, -0.05) is 78.5 Å². The third kappa shape index (κ3) is 4.64. The molecule has 5 nitrogen and oxygen atoms in total. The fourth-order valence-electron chi connectivity index (χ4n) is 3.26. The number of Topliss-reactive ketones (excluding diaryl/α,β-unsaturated/α-hetero) is 1. The molecule has 4 aromatic rings. The zero-order valence-corrected chi connectivity index (χ0v) is 18.0. The summed E-state index contributed by atoms with van der Waals surface area (Å²) in [6.45, 7) is 3.33. The lowest BCUT2D eigenvalue weighted by atomic mass is 10.1. The number of benzene rings is 3. The van der Waals surface area contributed by atoms with E-state index >= 15 is 0 Å². The van der Waals surface area contributed by atoms with Crippen LogP contribution in [0.5, 0.6) is 0 Å². The fourth-order valence-corrected chi connectivity index (χ4v) is 4.15. The lowest BCUT2D eigenvalue weighted by molar-refractivity contribution is -0.115. The molecule has 1 amide bonds. The predicted octanol–water partition coefficient (Wildman–Crippen LogP) is 5.62. The second kappa shape index (κ2) is 9.10. The highest BCUT2D eigenvalue weighted by molar-refractivity contribution is 8.00. The maximum Gasteiger partial charge on any atom is 0.237 e. The summed E-state index contributed by atoms with van der Waals surface area (Å²) < 4.78 is 0. The number of thioether (sulfide) groups is 1. The molecular weight excluding hydrogens is 406 g/mol. The van der Waals surface area contributed by atoms with Crippen LogP contribution in [0.3, 0.4) is 0 Å². The minimum absolute atomic E-state index is 0.0428. The van der Waals surface area contributed by atoms with Crippen LogP contribution in [0.15, 0.2) is 83.9 Å². The second-order valence-electron chi connectivity index (χ2n) is 7.15. The quantitative estimate of drug-likeness (QED) is 0.319. The summed E-state index contributed by atoms with van der Waals surface area (Å²) in [7, 11) is 0. The van der Waals surface area contributed by atoms with Gasteiger partial charge in [0.05, 0.1) is 5.25 Å². The van der Waals surface area contributed by atoms with Gasteiger partial charge in [0.2, 0.25) is 5.91 Å². The Morgan fingerprint density at radius 3 is 2.32 bits per heavy atom. The number of rotatable bonds is 6. The van der Waals surface area contributed by atoms with Crippen molar-refractivity contribution in [2.45, 2.75) is 24.1 Å². The highest BCUT2D eigenvalue weighted by Gasteiger charge is 2.19. The molecule has 0 unspecified atom stereocenters. The third-order valence-electron chi connectivity index (χ3n) is 4.89. The Hall–Kier alpha value is -3.51. The lowest BCUT2D eigenvalue weighted by Gasteiger charge is -2.14. The number of amides is 1. The molecule has 1 heterocycles. The van der Waals surface area contributed by atoms with Crippen LogP contribution in [0, 0.1) is 0 Å². The highest BCUT2D eigenvalue weighted by atomic mass is 32.2. The molecule has 1 N–H and O–H groups in total. The van der Waals surface area contributed by atoms with Crippen molar-refractivity contribution >= 4 is 39.9 Å². The normalized spacial score (nSPS) is 11.8. The van der Waals surface area contributed by atoms with Crippen LogP contribution in [-0.2, 0) is 4.79 Å². The summed E-state index contributed by atoms with van der Waals surface area (Å²) in [4.78, 5) is 24.3. The molecule has 6 heteroatoms. The van der Waals surface area contributed by atoms with Crippen molar-refractivity contribution in [3.63, 3.8) is 0 Å². The molecule has 31 heavy (non-hydrogen) atoms. The number of hydrogen-bond donors (Lipinski definition) is 1. The zero-order valence-electron chi connectivity index (χ0n) is 17.2. The molecule has 0 spiro atoms. The van der Waals surface area contributed by atoms with Crippen molar-refractivity contribution in [1.29, 1.82) is 0 Å². The van der Waals surface area contributed by atoms with Crippen LogP contribution in [0.1, 0.15) is 24.2 Å². The SMILES string of the molecule is CC(=O)c1cccc(NC(=O)[C@@H](C)Sc2nnc(-c3ccccc3)c3ccccc23)c1. The molecule has 0 aliphatic carbocycles. The first-order chi connectivity index (χ1) is 15.0. The van der Waals surface area contributed by atoms with Crippen molar-refractivity contribution in [2.75, 3.05) is 5.32 Å². The number of ketones is 1. The molecule has 0 fully saturated rings. The van der Waals surface area contributed by atoms with Gasteiger partial charge in [-0.25, -0.2) is 0 Å². The van der Waals surface area contributed by atoms with Crippen LogP contribution in [0.25, 0.3) is 22.0 Å². The molecule has 0 aliphatic heterocycles. The van der Waals surface area contributed by atoms with E-state index in [1.807, 2.05) is 61.5 Å². The van der Waals surface area contributed by atoms with E-state index in [9.17, 15) is 9.59 Å². The average molecular weight is 428 g/mol. The van der Waals surface area contributed by atoms with E-state index in [0.29, 0.717) is 16.3 Å². The molecule has 1 atom stereocenters. The summed E-state index contributed by atoms with van der Waals surface area (Å²) in [6.07, 6.45) is 0. The van der Waals surface area contributed by atoms with E-state index in [0.717, 1.165) is 22.0 Å². The van der Waals surface area contributed by atoms with Gasteiger partial charge in [-0.3, -0.25) is 9.59 Å². The first-order valence-electron chi connectivity index (χ1n) is 9.92. The first-order valence-corrected chi connectivity index (χ1v) is 10.8. The molecule has 0 aliphatic rings. The largest absolute Gasteiger partial charge is 0.325 e. The Balaban J connectivity index is 1.58. The van der Waals surface area contributed by atoms with E-state index in [-0.39, 0.29) is 11.7 Å². The van der Waals surface area contributed by atoms with Gasteiger partial charge in [0.1, 0.15) is 10.7 Å². The molecule has 0 saturated carbocycles. The molecule has 3 aromatic carbocycles. The number of carbonyl (C=O) groups excluding carboxylic acids is 2. The number of nitrogens with zero attached hydrogens (tertiary/aromatic N) is 2. The fraction of sp³-hybridized carbons (Fsp3) is 0.120. The number of hydrogen-bond acceptors (Lipinski definition) is 5. The standard InChI is InChI=1S/C25H21N3O2S/c1-16(29)19-11-8-12-20(15-19)26-24(30)17(2)31-25-22-14-7-6-13-21(22)23(27-28-25)18-9-4-3-5-10-18/h3-15,17H,1-2H3,(H,26,30)/t17-/m1/s1. The topological polar surface area (TPSA) is 72.0 Å². The number of anilines is 1. The third-order valence-corrected chi connectivity index (χ3v) is 5.99. The van der Waals surface area contributed by atoms with Crippen molar-refractivity contribution in [2.24, 2.45) is 0 Å². The molecule has 0 saturated heterocycles. The summed E-state index contributed by atoms with van der Waals surface area (Å²) in [5.74, 6) is -0.206. The lowest BCUT2D eigenvalue weighted by Crippen LogP contribution is -2.22. The average Bonchev–Trinajstić information content (AvgIpc) is 2.80. The van der Waals surface area contributed by atoms with E-state index in [2.05, 4.69) is 15.5 Å². The number of nitrogens with one attached hydrogen (secondary N) is 1. The Morgan fingerprint density at radius 1 is 0.871 bits per heavy atom. The van der Waals surface area contributed by atoms with Crippen LogP contribution < -0.4 is 5.32 Å². The zero-order chi connectivity index (χ0) is 21.8. The van der Waals surface area contributed by atoms with Crippen LogP contribution in [0.4, 0.5) is 5.69 Å². The summed E-state index contributed by atoms with van der Waals surface area (Å²) in [5.41, 5.74) is 2.98. The van der Waals surface area contributed by atoms with Gasteiger partial charge in [-0.05, 0) is 26.0 Å². The van der Waals surface area contributed by atoms with Gasteiger partial charge >= 0.3 is 0 Å². The number of carbonyl (C=O) groups is 2. The van der Waals surface area contributed by atoms with Gasteiger partial charge < -0.3 is 5.32 Å². The van der Waals surface area contributed by atoms with Gasteiger partial charge in [-0.15, -0.1) is 10.2 Å². The summed E-state index contributed by atoms with van der Waals surface area (Å²) in [6, 6.07) is 24.8. The minimum atomic E-state index is -0.402. The highest BCUT2D eigenvalue weighted by Crippen LogP contribution is 2.33. The molecular formula is C25H21N3O2S. The Morgan fingerprint density at radius 2 is 1.58 bits per heavy atom. The van der Waals surface area contributed by atoms with Gasteiger partial charge in [-0.2, -0.15) is 0 Å². The Kier molecular flexibility index (Phi) is 6.09. The molecule has 1 aromatic heterocycles. The van der Waals surface area contributed by atoms with Gasteiger partial charge in [0, 0.05) is 27.6 Å². The number of fused-ring (bicyclic) bond motifs is 1. The Labute approximate surface area is 184 Å². The van der Waals surface area contributed by atoms with Gasteiger partial charge in [0.15, 0.2) is 5.78 Å². The minimum Gasteiger partial charge on any atom is -0.325 e. The number of aromatic nitrogens is 2. The van der Waals surface area contributed by atoms with E-state index in [1.165, 1.54) is 18.7 Å². The smallest absolute Gasteiger partial charge is 0.237 e. The maximum atomic E-state index is 12.8. The summed E-state index contributed by atoms with van der Waals surface area (Å²) >= 11 is 1.36. The Bertz CT molecular complexity index is 1260. The molecule has 0 radical (unpaired) electrons. The maximum absolute atomic E-state index is 12.8. The molecule has 154 valence electrons. The summed E-state index contributed by atoms with van der Waals surface area (Å²) in [5, 5.41) is 14.0. The second-order valence-corrected chi connectivity index (χ2v) is 8.48. The van der Waals surface area contributed by atoms with Crippen molar-refractivity contribution < 1.29 is 9.59 Å².